The van der Waals surface area contributed by atoms with Crippen molar-refractivity contribution in [3.05, 3.63) is 102 Å². The molecule has 1 aliphatic rings. The van der Waals surface area contributed by atoms with Crippen LogP contribution in [-0.4, -0.2) is 24.4 Å². The van der Waals surface area contributed by atoms with E-state index in [0.717, 1.165) is 12.8 Å². The van der Waals surface area contributed by atoms with Crippen molar-refractivity contribution >= 4 is 23.6 Å². The summed E-state index contributed by atoms with van der Waals surface area (Å²) in [7, 11) is 0. The number of para-hydroxylation sites is 2. The molecule has 6 heteroatoms. The molecule has 33 heavy (non-hydrogen) atoms. The Kier molecular flexibility index (Phi) is 6.83. The average molecular weight is 445 g/mol. The first-order valence-electron chi connectivity index (χ1n) is 10.9. The largest absolute Gasteiger partial charge is 0.449 e. The Morgan fingerprint density at radius 1 is 1.06 bits per heavy atom. The number of benzene rings is 3. The third-order valence-electron chi connectivity index (χ3n) is 5.40. The molecule has 3 aromatic rings. The highest BCUT2D eigenvalue weighted by Gasteiger charge is 2.31. The molecule has 1 aliphatic heterocycles. The van der Waals surface area contributed by atoms with Gasteiger partial charge in [0.2, 0.25) is 5.91 Å². The molecule has 0 aliphatic carbocycles. The predicted molar refractivity (Wildman–Crippen MR) is 126 cm³/mol. The van der Waals surface area contributed by atoms with Crippen LogP contribution in [0.5, 0.6) is 5.75 Å². The van der Waals surface area contributed by atoms with Crippen molar-refractivity contribution in [3.8, 4) is 5.75 Å². The summed E-state index contributed by atoms with van der Waals surface area (Å²) in [4.78, 5) is 27.3. The zero-order valence-electron chi connectivity index (χ0n) is 18.3. The lowest BCUT2D eigenvalue weighted by atomic mass is 10.1. The van der Waals surface area contributed by atoms with Gasteiger partial charge in [0, 0.05) is 6.04 Å². The van der Waals surface area contributed by atoms with Gasteiger partial charge in [0.1, 0.15) is 12.4 Å². The Morgan fingerprint density at radius 2 is 1.82 bits per heavy atom. The first-order chi connectivity index (χ1) is 16.0. The number of aryl methyl sites for hydroxylation is 1. The normalized spacial score (nSPS) is 15.0. The third-order valence-corrected chi connectivity index (χ3v) is 5.40. The van der Waals surface area contributed by atoms with Crippen molar-refractivity contribution < 1.29 is 18.7 Å². The second-order valence-corrected chi connectivity index (χ2v) is 8.02. The molecule has 0 saturated carbocycles. The van der Waals surface area contributed by atoms with Crippen LogP contribution >= 0.6 is 0 Å². The van der Waals surface area contributed by atoms with Crippen LogP contribution in [-0.2, 0) is 16.0 Å². The highest BCUT2D eigenvalue weighted by molar-refractivity contribution is 6.12. The van der Waals surface area contributed by atoms with E-state index in [-0.39, 0.29) is 24.3 Å². The van der Waals surface area contributed by atoms with Gasteiger partial charge in [-0.15, -0.1) is 0 Å². The average Bonchev–Trinajstić information content (AvgIpc) is 2.81. The number of ether oxygens (including phenoxy) is 1. The number of amides is 2. The van der Waals surface area contributed by atoms with Crippen LogP contribution < -0.4 is 15.0 Å². The highest BCUT2D eigenvalue weighted by atomic mass is 19.1. The Hall–Kier alpha value is -3.93. The molecule has 0 bridgehead atoms. The van der Waals surface area contributed by atoms with Crippen LogP contribution in [0.25, 0.3) is 6.08 Å². The molecule has 1 atom stereocenters. The molecule has 168 valence electrons. The van der Waals surface area contributed by atoms with Gasteiger partial charge in [0.15, 0.2) is 11.5 Å². The van der Waals surface area contributed by atoms with E-state index in [1.54, 1.807) is 36.4 Å². The number of carbonyl (C=O) groups excluding carboxylic acids is 2. The summed E-state index contributed by atoms with van der Waals surface area (Å²) in [5.74, 6) is -0.626. The summed E-state index contributed by atoms with van der Waals surface area (Å²) in [5.41, 5.74) is 2.23. The van der Waals surface area contributed by atoms with Crippen LogP contribution in [0.4, 0.5) is 10.1 Å². The second-order valence-electron chi connectivity index (χ2n) is 8.02. The summed E-state index contributed by atoms with van der Waals surface area (Å²) in [5, 5.41) is 2.98. The molecule has 0 unspecified atom stereocenters. The van der Waals surface area contributed by atoms with Crippen molar-refractivity contribution in [2.75, 3.05) is 11.4 Å². The van der Waals surface area contributed by atoms with E-state index in [4.69, 9.17) is 4.74 Å². The summed E-state index contributed by atoms with van der Waals surface area (Å²) < 4.78 is 19.4. The fourth-order valence-corrected chi connectivity index (χ4v) is 3.73. The standard InChI is InChI=1S/C27H25FN2O3/c1-19(14-15-20-8-3-2-4-9-20)29-26(31)18-30-23-12-5-6-13-24(23)33-25(27(30)32)17-21-10-7-11-22(28)16-21/h2-13,16-17,19H,14-15,18H2,1H3,(H,29,31)/b25-17+/t19-/m1/s1. The zero-order valence-corrected chi connectivity index (χ0v) is 18.3. The number of carbonyl (C=O) groups is 2. The Bertz CT molecular complexity index is 1180. The molecule has 0 spiro atoms. The van der Waals surface area contributed by atoms with E-state index in [1.165, 1.54) is 28.7 Å². The van der Waals surface area contributed by atoms with E-state index < -0.39 is 11.7 Å². The molecule has 0 radical (unpaired) electrons. The lowest BCUT2D eigenvalue weighted by Gasteiger charge is -2.30. The Labute approximate surface area is 192 Å². The molecule has 2 amide bonds. The van der Waals surface area contributed by atoms with E-state index in [9.17, 15) is 14.0 Å². The van der Waals surface area contributed by atoms with Gasteiger partial charge in [0.25, 0.3) is 5.91 Å². The number of rotatable bonds is 7. The van der Waals surface area contributed by atoms with E-state index in [1.807, 2.05) is 25.1 Å². The smallest absolute Gasteiger partial charge is 0.294 e. The molecule has 1 N–H and O–H groups in total. The fourth-order valence-electron chi connectivity index (χ4n) is 3.73. The minimum atomic E-state index is -0.454. The number of hydrogen-bond acceptors (Lipinski definition) is 3. The first-order valence-corrected chi connectivity index (χ1v) is 10.9. The maximum absolute atomic E-state index is 13.6. The lowest BCUT2D eigenvalue weighted by Crippen LogP contribution is -2.46. The monoisotopic (exact) mass is 444 g/mol. The van der Waals surface area contributed by atoms with Gasteiger partial charge in [-0.25, -0.2) is 4.39 Å². The van der Waals surface area contributed by atoms with Crippen LogP contribution in [0.3, 0.4) is 0 Å². The zero-order chi connectivity index (χ0) is 23.2. The minimum absolute atomic E-state index is 0.0317. The van der Waals surface area contributed by atoms with Crippen molar-refractivity contribution in [2.45, 2.75) is 25.8 Å². The summed E-state index contributed by atoms with van der Waals surface area (Å²) in [6.07, 6.45) is 3.12. The van der Waals surface area contributed by atoms with Crippen molar-refractivity contribution in [3.63, 3.8) is 0 Å². The van der Waals surface area contributed by atoms with Crippen LogP contribution in [0.1, 0.15) is 24.5 Å². The van der Waals surface area contributed by atoms with Crippen molar-refractivity contribution in [1.29, 1.82) is 0 Å². The maximum atomic E-state index is 13.6. The maximum Gasteiger partial charge on any atom is 0.294 e. The molecule has 0 saturated heterocycles. The first kappa shape index (κ1) is 22.3. The Morgan fingerprint density at radius 3 is 2.61 bits per heavy atom. The van der Waals surface area contributed by atoms with Gasteiger partial charge in [-0.1, -0.05) is 54.6 Å². The summed E-state index contributed by atoms with van der Waals surface area (Å²) in [6, 6.07) is 23.0. The molecular formula is C27H25FN2O3. The number of hydrogen-bond donors (Lipinski definition) is 1. The highest BCUT2D eigenvalue weighted by Crippen LogP contribution is 2.35. The van der Waals surface area contributed by atoms with Gasteiger partial charge < -0.3 is 10.1 Å². The molecule has 1 heterocycles. The number of nitrogens with one attached hydrogen (secondary N) is 1. The van der Waals surface area contributed by atoms with Crippen molar-refractivity contribution in [1.82, 2.24) is 5.32 Å². The van der Waals surface area contributed by atoms with Gasteiger partial charge >= 0.3 is 0 Å². The predicted octanol–water partition coefficient (Wildman–Crippen LogP) is 4.73. The summed E-state index contributed by atoms with van der Waals surface area (Å²) >= 11 is 0. The van der Waals surface area contributed by atoms with E-state index in [2.05, 4.69) is 17.4 Å². The number of anilines is 1. The molecule has 0 fully saturated rings. The van der Waals surface area contributed by atoms with Crippen molar-refractivity contribution in [2.24, 2.45) is 0 Å². The number of fused-ring (bicyclic) bond motifs is 1. The van der Waals surface area contributed by atoms with Gasteiger partial charge in [0.05, 0.1) is 5.69 Å². The summed E-state index contributed by atoms with van der Waals surface area (Å²) in [6.45, 7) is 1.81. The number of nitrogens with zero attached hydrogens (tertiary/aromatic N) is 1. The van der Waals surface area contributed by atoms with Crippen LogP contribution in [0.15, 0.2) is 84.6 Å². The molecule has 3 aromatic carbocycles. The third kappa shape index (κ3) is 5.66. The molecular weight excluding hydrogens is 419 g/mol. The van der Waals surface area contributed by atoms with Crippen LogP contribution in [0, 0.1) is 5.82 Å². The lowest BCUT2D eigenvalue weighted by molar-refractivity contribution is -0.123. The molecule has 0 aromatic heterocycles. The molecule has 4 rings (SSSR count). The quantitative estimate of drug-likeness (QED) is 0.536. The molecule has 5 nitrogen and oxygen atoms in total. The Balaban J connectivity index is 1.47. The fraction of sp³-hybridized carbons (Fsp3) is 0.185. The second kappa shape index (κ2) is 10.1. The van der Waals surface area contributed by atoms with Gasteiger partial charge in [-0.3, -0.25) is 14.5 Å². The minimum Gasteiger partial charge on any atom is -0.449 e. The van der Waals surface area contributed by atoms with E-state index >= 15 is 0 Å². The SMILES string of the molecule is C[C@H](CCc1ccccc1)NC(=O)CN1C(=O)/C(=C\c2cccc(F)c2)Oc2ccccc21. The van der Waals surface area contributed by atoms with E-state index in [0.29, 0.717) is 17.0 Å². The number of halogens is 1. The topological polar surface area (TPSA) is 58.6 Å². The van der Waals surface area contributed by atoms with Gasteiger partial charge in [-0.05, 0) is 61.2 Å². The van der Waals surface area contributed by atoms with Gasteiger partial charge in [-0.2, -0.15) is 0 Å². The van der Waals surface area contributed by atoms with Crippen LogP contribution in [0.2, 0.25) is 0 Å².